The summed E-state index contributed by atoms with van der Waals surface area (Å²) in [6.07, 6.45) is 3.27. The molecule has 1 fully saturated rings. The van der Waals surface area contributed by atoms with Gasteiger partial charge >= 0.3 is 6.18 Å². The third kappa shape index (κ3) is 3.77. The SMILES string of the molecule is OC1CCC(Nc2ncc(-c3ccc(C(F)(F)F)cc3)c3nccnc23)CC1. The molecule has 5 nitrogen and oxygen atoms in total. The number of anilines is 1. The van der Waals surface area contributed by atoms with E-state index in [1.807, 2.05) is 0 Å². The van der Waals surface area contributed by atoms with E-state index >= 15 is 0 Å². The lowest BCUT2D eigenvalue weighted by atomic mass is 9.93. The number of hydrogen-bond acceptors (Lipinski definition) is 5. The number of halogens is 3. The Kier molecular flexibility index (Phi) is 4.89. The summed E-state index contributed by atoms with van der Waals surface area (Å²) in [4.78, 5) is 13.2. The van der Waals surface area contributed by atoms with Crippen LogP contribution >= 0.6 is 0 Å². The number of alkyl halides is 3. The molecule has 2 N–H and O–H groups in total. The summed E-state index contributed by atoms with van der Waals surface area (Å²) in [5, 5.41) is 13.0. The van der Waals surface area contributed by atoms with Gasteiger partial charge in [-0.1, -0.05) is 12.1 Å². The van der Waals surface area contributed by atoms with Crippen LogP contribution in [0.15, 0.2) is 42.9 Å². The standard InChI is InChI=1S/C20H19F3N4O/c21-20(22,23)13-3-1-12(2-4-13)16-11-26-19(18-17(16)24-9-10-25-18)27-14-5-7-15(28)8-6-14/h1-4,9-11,14-15,28H,5-8H2,(H,26,27). The van der Waals surface area contributed by atoms with Crippen molar-refractivity contribution < 1.29 is 18.3 Å². The summed E-state index contributed by atoms with van der Waals surface area (Å²) in [6, 6.07) is 5.14. The van der Waals surface area contributed by atoms with Crippen molar-refractivity contribution in [3.63, 3.8) is 0 Å². The molecule has 8 heteroatoms. The van der Waals surface area contributed by atoms with Crippen LogP contribution in [0.2, 0.25) is 0 Å². The molecule has 28 heavy (non-hydrogen) atoms. The Morgan fingerprint density at radius 3 is 2.18 bits per heavy atom. The topological polar surface area (TPSA) is 70.9 Å². The van der Waals surface area contributed by atoms with Crippen LogP contribution in [0.4, 0.5) is 19.0 Å². The number of aliphatic hydroxyl groups excluding tert-OH is 1. The highest BCUT2D eigenvalue weighted by Crippen LogP contribution is 2.34. The van der Waals surface area contributed by atoms with E-state index in [-0.39, 0.29) is 12.1 Å². The zero-order valence-electron chi connectivity index (χ0n) is 14.9. The van der Waals surface area contributed by atoms with Crippen molar-refractivity contribution in [1.29, 1.82) is 0 Å². The predicted octanol–water partition coefficient (Wildman–Crippen LogP) is 4.43. The summed E-state index contributed by atoms with van der Waals surface area (Å²) >= 11 is 0. The Morgan fingerprint density at radius 2 is 1.54 bits per heavy atom. The van der Waals surface area contributed by atoms with Crippen molar-refractivity contribution in [2.24, 2.45) is 0 Å². The molecule has 1 saturated carbocycles. The minimum absolute atomic E-state index is 0.193. The Labute approximate surface area is 159 Å². The zero-order valence-corrected chi connectivity index (χ0v) is 14.9. The van der Waals surface area contributed by atoms with Gasteiger partial charge in [-0.2, -0.15) is 13.2 Å². The number of aromatic nitrogens is 3. The Bertz CT molecular complexity index is 967. The van der Waals surface area contributed by atoms with E-state index in [4.69, 9.17) is 0 Å². The third-order valence-electron chi connectivity index (χ3n) is 5.06. The van der Waals surface area contributed by atoms with Crippen LogP contribution in [-0.2, 0) is 6.18 Å². The molecule has 0 unspecified atom stereocenters. The van der Waals surface area contributed by atoms with Crippen LogP contribution in [0.1, 0.15) is 31.2 Å². The summed E-state index contributed by atoms with van der Waals surface area (Å²) in [5.74, 6) is 0.597. The number of nitrogens with zero attached hydrogens (tertiary/aromatic N) is 3. The molecule has 0 atom stereocenters. The first kappa shape index (κ1) is 18.6. The van der Waals surface area contributed by atoms with Gasteiger partial charge < -0.3 is 10.4 Å². The van der Waals surface area contributed by atoms with Crippen molar-refractivity contribution >= 4 is 16.9 Å². The molecule has 1 aromatic carbocycles. The van der Waals surface area contributed by atoms with Crippen LogP contribution in [0, 0.1) is 0 Å². The Morgan fingerprint density at radius 1 is 0.893 bits per heavy atom. The van der Waals surface area contributed by atoms with Gasteiger partial charge in [0.1, 0.15) is 11.0 Å². The number of rotatable bonds is 3. The van der Waals surface area contributed by atoms with Crippen molar-refractivity contribution in [1.82, 2.24) is 15.0 Å². The van der Waals surface area contributed by atoms with Crippen LogP contribution in [0.5, 0.6) is 0 Å². The van der Waals surface area contributed by atoms with E-state index in [9.17, 15) is 18.3 Å². The zero-order chi connectivity index (χ0) is 19.7. The van der Waals surface area contributed by atoms with Gasteiger partial charge in [-0.05, 0) is 43.4 Å². The second-order valence-electron chi connectivity index (χ2n) is 7.00. The number of hydrogen-bond donors (Lipinski definition) is 2. The molecule has 0 radical (unpaired) electrons. The maximum atomic E-state index is 12.8. The van der Waals surface area contributed by atoms with E-state index in [1.165, 1.54) is 12.1 Å². The van der Waals surface area contributed by atoms with Gasteiger partial charge in [0.15, 0.2) is 5.82 Å². The molecule has 0 spiro atoms. The molecular formula is C20H19F3N4O. The molecule has 1 aliphatic carbocycles. The molecule has 0 saturated heterocycles. The molecular weight excluding hydrogens is 369 g/mol. The lowest BCUT2D eigenvalue weighted by Gasteiger charge is -2.26. The highest BCUT2D eigenvalue weighted by atomic mass is 19.4. The number of nitrogens with one attached hydrogen (secondary N) is 1. The third-order valence-corrected chi connectivity index (χ3v) is 5.06. The van der Waals surface area contributed by atoms with Crippen LogP contribution in [0.25, 0.3) is 22.2 Å². The van der Waals surface area contributed by atoms with E-state index in [1.54, 1.807) is 18.6 Å². The second-order valence-corrected chi connectivity index (χ2v) is 7.00. The molecule has 146 valence electrons. The van der Waals surface area contributed by atoms with Crippen molar-refractivity contribution in [2.75, 3.05) is 5.32 Å². The van der Waals surface area contributed by atoms with Gasteiger partial charge in [0.25, 0.3) is 0 Å². The summed E-state index contributed by atoms with van der Waals surface area (Å²) in [7, 11) is 0. The summed E-state index contributed by atoms with van der Waals surface area (Å²) in [5.41, 5.74) is 1.68. The van der Waals surface area contributed by atoms with Crippen molar-refractivity contribution in [3.05, 3.63) is 48.4 Å². The average Bonchev–Trinajstić information content (AvgIpc) is 2.69. The van der Waals surface area contributed by atoms with E-state index < -0.39 is 11.7 Å². The van der Waals surface area contributed by atoms with Gasteiger partial charge in [0.05, 0.1) is 11.7 Å². The minimum Gasteiger partial charge on any atom is -0.393 e. The monoisotopic (exact) mass is 388 g/mol. The minimum atomic E-state index is -4.37. The first-order valence-corrected chi connectivity index (χ1v) is 9.14. The molecule has 2 heterocycles. The van der Waals surface area contributed by atoms with E-state index in [0.717, 1.165) is 37.8 Å². The fourth-order valence-electron chi connectivity index (χ4n) is 3.53. The highest BCUT2D eigenvalue weighted by Gasteiger charge is 2.30. The highest BCUT2D eigenvalue weighted by molar-refractivity contribution is 5.96. The molecule has 3 aromatic rings. The van der Waals surface area contributed by atoms with E-state index in [0.29, 0.717) is 28.0 Å². The van der Waals surface area contributed by atoms with Gasteiger partial charge in [-0.15, -0.1) is 0 Å². The van der Waals surface area contributed by atoms with Gasteiger partial charge in [-0.25, -0.2) is 9.97 Å². The summed E-state index contributed by atoms with van der Waals surface area (Å²) in [6.45, 7) is 0. The Balaban J connectivity index is 1.68. The van der Waals surface area contributed by atoms with Crippen LogP contribution in [0.3, 0.4) is 0 Å². The van der Waals surface area contributed by atoms with Crippen molar-refractivity contribution in [3.8, 4) is 11.1 Å². The lowest BCUT2D eigenvalue weighted by molar-refractivity contribution is -0.137. The lowest BCUT2D eigenvalue weighted by Crippen LogP contribution is -2.28. The largest absolute Gasteiger partial charge is 0.416 e. The first-order chi connectivity index (χ1) is 13.4. The van der Waals surface area contributed by atoms with Gasteiger partial charge in [0, 0.05) is 30.2 Å². The van der Waals surface area contributed by atoms with Crippen LogP contribution < -0.4 is 5.32 Å². The van der Waals surface area contributed by atoms with Gasteiger partial charge in [-0.3, -0.25) is 4.98 Å². The summed E-state index contributed by atoms with van der Waals surface area (Å²) < 4.78 is 38.4. The Hall–Kier alpha value is -2.74. The number of aliphatic hydroxyl groups is 1. The van der Waals surface area contributed by atoms with Gasteiger partial charge in [0.2, 0.25) is 0 Å². The normalized spacial score (nSPS) is 20.3. The number of fused-ring (bicyclic) bond motifs is 1. The maximum absolute atomic E-state index is 12.8. The molecule has 0 amide bonds. The number of benzene rings is 1. The quantitative estimate of drug-likeness (QED) is 0.695. The molecule has 1 aliphatic rings. The fourth-order valence-corrected chi connectivity index (χ4v) is 3.53. The van der Waals surface area contributed by atoms with E-state index in [2.05, 4.69) is 20.3 Å². The average molecular weight is 388 g/mol. The smallest absolute Gasteiger partial charge is 0.393 e. The fraction of sp³-hybridized carbons (Fsp3) is 0.350. The number of pyridine rings is 1. The van der Waals surface area contributed by atoms with Crippen molar-refractivity contribution in [2.45, 2.75) is 44.0 Å². The molecule has 4 rings (SSSR count). The second kappa shape index (κ2) is 7.35. The molecule has 2 aromatic heterocycles. The molecule has 0 bridgehead atoms. The predicted molar refractivity (Wildman–Crippen MR) is 99.7 cm³/mol. The van der Waals surface area contributed by atoms with Crippen LogP contribution in [-0.4, -0.2) is 32.2 Å². The first-order valence-electron chi connectivity index (χ1n) is 9.14. The molecule has 0 aliphatic heterocycles. The maximum Gasteiger partial charge on any atom is 0.416 e.